The van der Waals surface area contributed by atoms with Crippen molar-refractivity contribution in [2.24, 2.45) is 5.41 Å². The molecule has 0 saturated carbocycles. The Hall–Kier alpha value is -1.14. The third-order valence-corrected chi connectivity index (χ3v) is 4.27. The minimum absolute atomic E-state index is 0.168. The van der Waals surface area contributed by atoms with Gasteiger partial charge in [0.05, 0.1) is 5.54 Å². The molecule has 0 aliphatic carbocycles. The molecular weight excluding hydrogens is 298 g/mol. The minimum Gasteiger partial charge on any atom is -0.464 e. The van der Waals surface area contributed by atoms with Crippen LogP contribution in [-0.4, -0.2) is 21.5 Å². The fourth-order valence-corrected chi connectivity index (χ4v) is 3.49. The van der Waals surface area contributed by atoms with E-state index in [1.165, 1.54) is 0 Å². The van der Waals surface area contributed by atoms with E-state index in [4.69, 9.17) is 0 Å². The molecule has 0 spiro atoms. The van der Waals surface area contributed by atoms with E-state index in [0.717, 1.165) is 10.6 Å². The second kappa shape index (κ2) is 4.20. The van der Waals surface area contributed by atoms with Crippen LogP contribution in [0.2, 0.25) is 0 Å². The largest absolute Gasteiger partial charge is 0.464 e. The Morgan fingerprint density at radius 1 is 1.61 bits per heavy atom. The molecule has 18 heavy (non-hydrogen) atoms. The third-order valence-electron chi connectivity index (χ3n) is 3.43. The molecule has 1 aromatic heterocycles. The van der Waals surface area contributed by atoms with Crippen molar-refractivity contribution in [3.05, 3.63) is 23.9 Å². The molecule has 0 bridgehead atoms. The number of rotatable bonds is 1. The zero-order chi connectivity index (χ0) is 13.6. The monoisotopic (exact) mass is 313 g/mol. The van der Waals surface area contributed by atoms with Crippen molar-refractivity contribution in [3.8, 4) is 0 Å². The predicted octanol–water partition coefficient (Wildman–Crippen LogP) is 2.72. The number of alkyl halides is 1. The molecule has 2 rings (SSSR count). The smallest absolute Gasteiger partial charge is 0.428 e. The summed E-state index contributed by atoms with van der Waals surface area (Å²) in [6.07, 6.45) is 0.547. The summed E-state index contributed by atoms with van der Waals surface area (Å²) < 4.78 is 0. The maximum atomic E-state index is 11.3. The molecule has 6 heteroatoms. The Morgan fingerprint density at radius 3 is 2.78 bits per heavy atom. The third kappa shape index (κ3) is 1.71. The van der Waals surface area contributed by atoms with Gasteiger partial charge in [0.15, 0.2) is 5.82 Å². The van der Waals surface area contributed by atoms with Gasteiger partial charge in [-0.1, -0.05) is 42.8 Å². The lowest BCUT2D eigenvalue weighted by atomic mass is 9.72. The van der Waals surface area contributed by atoms with E-state index in [0.29, 0.717) is 11.1 Å². The van der Waals surface area contributed by atoms with Crippen LogP contribution in [0.5, 0.6) is 0 Å². The average Bonchev–Trinajstić information content (AvgIpc) is 2.64. The number of carboxylic acid groups (broad SMARTS) is 1. The quantitative estimate of drug-likeness (QED) is 0.782. The summed E-state index contributed by atoms with van der Waals surface area (Å²) in [5.41, 5.74) is 3.32. The minimum atomic E-state index is -1.05. The van der Waals surface area contributed by atoms with E-state index in [1.54, 1.807) is 6.20 Å². The number of pyridine rings is 1. The molecule has 2 N–H and O–H groups in total. The standard InChI is InChI=1S/C12H16BrN3O2/c1-11(2,3)12(7-13)8-5-4-6-14-9(8)16(15-12)10(17)18/h4-6,15H,7H2,1-3H3,(H,17,18). The maximum Gasteiger partial charge on any atom is 0.428 e. The number of hydrogen-bond acceptors (Lipinski definition) is 3. The van der Waals surface area contributed by atoms with Crippen LogP contribution in [0.4, 0.5) is 10.6 Å². The molecule has 0 radical (unpaired) electrons. The first-order valence-electron chi connectivity index (χ1n) is 5.66. The number of hydrazine groups is 1. The number of anilines is 1. The van der Waals surface area contributed by atoms with Gasteiger partial charge >= 0.3 is 6.09 Å². The number of hydrogen-bond donors (Lipinski definition) is 2. The first kappa shape index (κ1) is 13.3. The van der Waals surface area contributed by atoms with Gasteiger partial charge in [0.2, 0.25) is 0 Å². The summed E-state index contributed by atoms with van der Waals surface area (Å²) in [7, 11) is 0. The SMILES string of the molecule is CC(C)(C)C1(CBr)NN(C(=O)O)c2ncccc21. The second-order valence-corrected chi connectivity index (χ2v) is 5.95. The van der Waals surface area contributed by atoms with E-state index in [2.05, 4.69) is 47.1 Å². The van der Waals surface area contributed by atoms with Crippen LogP contribution >= 0.6 is 15.9 Å². The molecule has 5 nitrogen and oxygen atoms in total. The Morgan fingerprint density at radius 2 is 2.28 bits per heavy atom. The lowest BCUT2D eigenvalue weighted by molar-refractivity contribution is 0.160. The van der Waals surface area contributed by atoms with Crippen LogP contribution in [-0.2, 0) is 5.54 Å². The number of halogens is 1. The van der Waals surface area contributed by atoms with Crippen molar-refractivity contribution in [3.63, 3.8) is 0 Å². The van der Waals surface area contributed by atoms with Crippen LogP contribution < -0.4 is 10.4 Å². The van der Waals surface area contributed by atoms with Crippen LogP contribution in [0.3, 0.4) is 0 Å². The van der Waals surface area contributed by atoms with Crippen molar-refractivity contribution in [1.29, 1.82) is 0 Å². The van der Waals surface area contributed by atoms with E-state index >= 15 is 0 Å². The number of amides is 1. The van der Waals surface area contributed by atoms with E-state index < -0.39 is 11.6 Å². The fourth-order valence-electron chi connectivity index (χ4n) is 2.22. The van der Waals surface area contributed by atoms with Gasteiger partial charge in [0.1, 0.15) is 0 Å². The first-order valence-corrected chi connectivity index (χ1v) is 6.78. The zero-order valence-electron chi connectivity index (χ0n) is 10.6. The van der Waals surface area contributed by atoms with Gasteiger partial charge in [-0.3, -0.25) is 0 Å². The van der Waals surface area contributed by atoms with E-state index in [-0.39, 0.29) is 5.41 Å². The average molecular weight is 314 g/mol. The van der Waals surface area contributed by atoms with Crippen molar-refractivity contribution in [1.82, 2.24) is 10.4 Å². The van der Waals surface area contributed by atoms with E-state index in [1.807, 2.05) is 12.1 Å². The highest BCUT2D eigenvalue weighted by molar-refractivity contribution is 9.09. The summed E-state index contributed by atoms with van der Waals surface area (Å²) in [6.45, 7) is 6.22. The second-order valence-electron chi connectivity index (χ2n) is 5.39. The van der Waals surface area contributed by atoms with Crippen LogP contribution in [0.15, 0.2) is 18.3 Å². The first-order chi connectivity index (χ1) is 8.33. The molecule has 1 aliphatic rings. The van der Waals surface area contributed by atoms with Gasteiger partial charge < -0.3 is 5.11 Å². The highest BCUT2D eigenvalue weighted by atomic mass is 79.9. The highest BCUT2D eigenvalue weighted by Crippen LogP contribution is 2.47. The van der Waals surface area contributed by atoms with Gasteiger partial charge in [-0.2, -0.15) is 5.01 Å². The number of aromatic nitrogens is 1. The lowest BCUT2D eigenvalue weighted by Crippen LogP contribution is -2.56. The molecule has 1 aromatic rings. The van der Waals surface area contributed by atoms with Crippen molar-refractivity contribution >= 4 is 27.8 Å². The van der Waals surface area contributed by atoms with Gasteiger partial charge in [-0.05, 0) is 11.5 Å². The molecule has 1 unspecified atom stereocenters. The van der Waals surface area contributed by atoms with Gasteiger partial charge in [0, 0.05) is 17.1 Å². The maximum absolute atomic E-state index is 11.3. The molecule has 1 aliphatic heterocycles. The van der Waals surface area contributed by atoms with Crippen LogP contribution in [0.25, 0.3) is 0 Å². The number of nitrogens with zero attached hydrogens (tertiary/aromatic N) is 2. The van der Waals surface area contributed by atoms with Crippen molar-refractivity contribution in [2.75, 3.05) is 10.3 Å². The topological polar surface area (TPSA) is 65.5 Å². The lowest BCUT2D eigenvalue weighted by Gasteiger charge is -2.41. The predicted molar refractivity (Wildman–Crippen MR) is 72.8 cm³/mol. The van der Waals surface area contributed by atoms with Gasteiger partial charge in [-0.15, -0.1) is 0 Å². The van der Waals surface area contributed by atoms with Crippen LogP contribution in [0, 0.1) is 5.41 Å². The molecule has 1 amide bonds. The molecule has 0 saturated heterocycles. The fraction of sp³-hybridized carbons (Fsp3) is 0.500. The summed E-state index contributed by atoms with van der Waals surface area (Å²) >= 11 is 3.51. The van der Waals surface area contributed by atoms with E-state index in [9.17, 15) is 9.90 Å². The Balaban J connectivity index is 2.64. The molecule has 0 fully saturated rings. The summed E-state index contributed by atoms with van der Waals surface area (Å²) in [5.74, 6) is 0.458. The van der Waals surface area contributed by atoms with Crippen molar-refractivity contribution in [2.45, 2.75) is 26.3 Å². The Labute approximate surface area is 114 Å². The molecule has 0 aromatic carbocycles. The van der Waals surface area contributed by atoms with Crippen molar-refractivity contribution < 1.29 is 9.90 Å². The molecule has 98 valence electrons. The molecular formula is C12H16BrN3O2. The zero-order valence-corrected chi connectivity index (χ0v) is 12.2. The van der Waals surface area contributed by atoms with Crippen LogP contribution in [0.1, 0.15) is 26.3 Å². The molecule has 2 heterocycles. The number of carbonyl (C=O) groups is 1. The Bertz CT molecular complexity index is 486. The number of nitrogens with one attached hydrogen (secondary N) is 1. The van der Waals surface area contributed by atoms with Gasteiger partial charge in [0.25, 0.3) is 0 Å². The highest BCUT2D eigenvalue weighted by Gasteiger charge is 2.52. The normalized spacial score (nSPS) is 23.0. The molecule has 1 atom stereocenters. The summed E-state index contributed by atoms with van der Waals surface area (Å²) in [4.78, 5) is 15.5. The van der Waals surface area contributed by atoms with Gasteiger partial charge in [-0.25, -0.2) is 15.2 Å². The Kier molecular flexibility index (Phi) is 3.11. The summed E-state index contributed by atoms with van der Waals surface area (Å²) in [6, 6.07) is 3.75. The number of fused-ring (bicyclic) bond motifs is 1. The summed E-state index contributed by atoms with van der Waals surface area (Å²) in [5, 5.41) is 11.0.